The van der Waals surface area contributed by atoms with Crippen molar-refractivity contribution in [1.29, 1.82) is 0 Å². The Morgan fingerprint density at radius 2 is 1.83 bits per heavy atom. The van der Waals surface area contributed by atoms with E-state index < -0.39 is 0 Å². The fraction of sp³-hybridized carbons (Fsp3) is 0.182. The minimum atomic E-state index is -0.344. The van der Waals surface area contributed by atoms with Crippen LogP contribution in [0.2, 0.25) is 0 Å². The maximum Gasteiger partial charge on any atom is 0.338 e. The molecule has 0 saturated heterocycles. The van der Waals surface area contributed by atoms with E-state index in [0.717, 1.165) is 16.6 Å². The second-order valence-electron chi connectivity index (χ2n) is 6.66. The predicted octanol–water partition coefficient (Wildman–Crippen LogP) is 3.90. The summed E-state index contributed by atoms with van der Waals surface area (Å²) >= 11 is 0. The normalized spacial score (nSPS) is 10.7. The lowest BCUT2D eigenvalue weighted by molar-refractivity contribution is 0.0526. The van der Waals surface area contributed by atoms with Crippen molar-refractivity contribution in [3.05, 3.63) is 71.9 Å². The van der Waals surface area contributed by atoms with Gasteiger partial charge in [0, 0.05) is 19.3 Å². The van der Waals surface area contributed by atoms with E-state index in [0.29, 0.717) is 36.1 Å². The minimum absolute atomic E-state index is 0.343. The molecule has 30 heavy (non-hydrogen) atoms. The molecule has 4 rings (SSSR count). The molecule has 8 heteroatoms. The van der Waals surface area contributed by atoms with Gasteiger partial charge in [-0.3, -0.25) is 4.68 Å². The van der Waals surface area contributed by atoms with Gasteiger partial charge in [0.15, 0.2) is 5.65 Å². The van der Waals surface area contributed by atoms with Gasteiger partial charge in [0.05, 0.1) is 23.8 Å². The quantitative estimate of drug-likeness (QED) is 0.453. The number of hydrogen-bond donors (Lipinski definition) is 2. The second kappa shape index (κ2) is 8.60. The molecule has 2 heterocycles. The molecule has 2 aromatic carbocycles. The molecular weight excluding hydrogens is 380 g/mol. The summed E-state index contributed by atoms with van der Waals surface area (Å²) < 4.78 is 6.72. The van der Waals surface area contributed by atoms with E-state index in [2.05, 4.69) is 37.8 Å². The Morgan fingerprint density at radius 3 is 2.57 bits per heavy atom. The van der Waals surface area contributed by atoms with Gasteiger partial charge in [0.2, 0.25) is 5.95 Å². The Bertz CT molecular complexity index is 1160. The van der Waals surface area contributed by atoms with Crippen LogP contribution in [-0.4, -0.2) is 32.3 Å². The van der Waals surface area contributed by atoms with Crippen LogP contribution in [0.1, 0.15) is 22.8 Å². The van der Waals surface area contributed by atoms with Gasteiger partial charge in [-0.25, -0.2) is 4.79 Å². The molecule has 4 aromatic rings. The smallest absolute Gasteiger partial charge is 0.338 e. The SMILES string of the molecule is CCOC(=O)c1ccc(Nc2nc(NCc3ccccc3)c3cnn(C)c3n2)cc1. The molecule has 2 aromatic heterocycles. The Labute approximate surface area is 173 Å². The van der Waals surface area contributed by atoms with Gasteiger partial charge in [0.25, 0.3) is 0 Å². The van der Waals surface area contributed by atoms with Crippen LogP contribution in [0, 0.1) is 0 Å². The number of carbonyl (C=O) groups excluding carboxylic acids is 1. The molecule has 8 nitrogen and oxygen atoms in total. The molecular formula is C22H22N6O2. The van der Waals surface area contributed by atoms with Gasteiger partial charge in [0.1, 0.15) is 5.82 Å². The molecule has 0 spiro atoms. The van der Waals surface area contributed by atoms with Crippen molar-refractivity contribution >= 4 is 34.5 Å². The summed E-state index contributed by atoms with van der Waals surface area (Å²) in [5.41, 5.74) is 3.12. The van der Waals surface area contributed by atoms with Crippen LogP contribution in [-0.2, 0) is 18.3 Å². The maximum absolute atomic E-state index is 11.8. The fourth-order valence-electron chi connectivity index (χ4n) is 3.03. The van der Waals surface area contributed by atoms with Crippen molar-refractivity contribution in [2.45, 2.75) is 13.5 Å². The lowest BCUT2D eigenvalue weighted by atomic mass is 10.2. The summed E-state index contributed by atoms with van der Waals surface area (Å²) in [7, 11) is 1.84. The third-order valence-electron chi connectivity index (χ3n) is 4.55. The highest BCUT2D eigenvalue weighted by Crippen LogP contribution is 2.24. The van der Waals surface area contributed by atoms with E-state index >= 15 is 0 Å². The van der Waals surface area contributed by atoms with Crippen molar-refractivity contribution < 1.29 is 9.53 Å². The highest BCUT2D eigenvalue weighted by Gasteiger charge is 2.12. The van der Waals surface area contributed by atoms with Gasteiger partial charge >= 0.3 is 5.97 Å². The summed E-state index contributed by atoms with van der Waals surface area (Å²) in [6.45, 7) is 2.76. The molecule has 0 aliphatic heterocycles. The largest absolute Gasteiger partial charge is 0.462 e. The molecule has 0 bridgehead atoms. The summed E-state index contributed by atoms with van der Waals surface area (Å²) in [6.07, 6.45) is 1.75. The maximum atomic E-state index is 11.8. The number of esters is 1. The molecule has 0 fully saturated rings. The van der Waals surface area contributed by atoms with Crippen LogP contribution in [0.3, 0.4) is 0 Å². The number of anilines is 3. The zero-order chi connectivity index (χ0) is 20.9. The van der Waals surface area contributed by atoms with Gasteiger partial charge in [-0.1, -0.05) is 30.3 Å². The first-order chi connectivity index (χ1) is 14.6. The van der Waals surface area contributed by atoms with Crippen LogP contribution in [0.4, 0.5) is 17.5 Å². The van der Waals surface area contributed by atoms with Crippen molar-refractivity contribution in [2.24, 2.45) is 7.05 Å². The van der Waals surface area contributed by atoms with E-state index in [-0.39, 0.29) is 5.97 Å². The first-order valence-electron chi connectivity index (χ1n) is 9.66. The predicted molar refractivity (Wildman–Crippen MR) is 116 cm³/mol. The standard InChI is InChI=1S/C22H22N6O2/c1-3-30-21(29)16-9-11-17(12-10-16)25-22-26-19(18-14-24-28(2)20(18)27-22)23-13-15-7-5-4-6-8-15/h4-12,14H,3,13H2,1-2H3,(H2,23,25,26,27). The lowest BCUT2D eigenvalue weighted by Gasteiger charge is -2.11. The Morgan fingerprint density at radius 1 is 1.07 bits per heavy atom. The van der Waals surface area contributed by atoms with Crippen LogP contribution >= 0.6 is 0 Å². The third-order valence-corrected chi connectivity index (χ3v) is 4.55. The highest BCUT2D eigenvalue weighted by atomic mass is 16.5. The fourth-order valence-corrected chi connectivity index (χ4v) is 3.03. The van der Waals surface area contributed by atoms with E-state index in [4.69, 9.17) is 4.74 Å². The number of nitrogens with zero attached hydrogens (tertiary/aromatic N) is 4. The molecule has 0 unspecified atom stereocenters. The Kier molecular flexibility index (Phi) is 5.56. The molecule has 0 radical (unpaired) electrons. The van der Waals surface area contributed by atoms with E-state index in [1.54, 1.807) is 42.1 Å². The Balaban J connectivity index is 1.58. The summed E-state index contributed by atoms with van der Waals surface area (Å²) in [5.74, 6) is 0.789. The summed E-state index contributed by atoms with van der Waals surface area (Å²) in [4.78, 5) is 21.0. The minimum Gasteiger partial charge on any atom is -0.462 e. The van der Waals surface area contributed by atoms with Crippen molar-refractivity contribution in [3.8, 4) is 0 Å². The highest BCUT2D eigenvalue weighted by molar-refractivity contribution is 5.90. The number of rotatable bonds is 7. The number of nitrogens with one attached hydrogen (secondary N) is 2. The molecule has 152 valence electrons. The van der Waals surface area contributed by atoms with E-state index in [1.807, 2.05) is 25.2 Å². The van der Waals surface area contributed by atoms with Crippen LogP contribution < -0.4 is 10.6 Å². The zero-order valence-electron chi connectivity index (χ0n) is 16.8. The molecule has 2 N–H and O–H groups in total. The number of ether oxygens (including phenoxy) is 1. The van der Waals surface area contributed by atoms with Gasteiger partial charge < -0.3 is 15.4 Å². The van der Waals surface area contributed by atoms with Gasteiger partial charge in [-0.15, -0.1) is 0 Å². The van der Waals surface area contributed by atoms with Gasteiger partial charge in [-0.2, -0.15) is 15.1 Å². The number of carbonyl (C=O) groups is 1. The zero-order valence-corrected chi connectivity index (χ0v) is 16.8. The number of hydrogen-bond acceptors (Lipinski definition) is 7. The molecule has 0 aliphatic carbocycles. The number of fused-ring (bicyclic) bond motifs is 1. The summed E-state index contributed by atoms with van der Waals surface area (Å²) in [5, 5.41) is 11.7. The average Bonchev–Trinajstić information content (AvgIpc) is 3.14. The third kappa shape index (κ3) is 4.22. The van der Waals surface area contributed by atoms with Gasteiger partial charge in [-0.05, 0) is 36.8 Å². The average molecular weight is 402 g/mol. The number of benzene rings is 2. The van der Waals surface area contributed by atoms with Crippen LogP contribution in [0.15, 0.2) is 60.8 Å². The Hall–Kier alpha value is -3.94. The number of aromatic nitrogens is 4. The van der Waals surface area contributed by atoms with Crippen LogP contribution in [0.5, 0.6) is 0 Å². The summed E-state index contributed by atoms with van der Waals surface area (Å²) in [6, 6.07) is 17.1. The van der Waals surface area contributed by atoms with Crippen LogP contribution in [0.25, 0.3) is 11.0 Å². The van der Waals surface area contributed by atoms with Crippen molar-refractivity contribution in [2.75, 3.05) is 17.2 Å². The molecule has 0 saturated carbocycles. The monoisotopic (exact) mass is 402 g/mol. The molecule has 0 amide bonds. The topological polar surface area (TPSA) is 94.0 Å². The van der Waals surface area contributed by atoms with Crippen molar-refractivity contribution in [1.82, 2.24) is 19.7 Å². The first-order valence-corrected chi connectivity index (χ1v) is 9.66. The van der Waals surface area contributed by atoms with E-state index in [1.165, 1.54) is 0 Å². The van der Waals surface area contributed by atoms with E-state index in [9.17, 15) is 4.79 Å². The number of aryl methyl sites for hydroxylation is 1. The molecule has 0 atom stereocenters. The molecule has 0 aliphatic rings. The second-order valence-corrected chi connectivity index (χ2v) is 6.66. The lowest BCUT2D eigenvalue weighted by Crippen LogP contribution is -2.07. The van der Waals surface area contributed by atoms with Crippen molar-refractivity contribution in [3.63, 3.8) is 0 Å². The first kappa shape index (κ1) is 19.4.